The van der Waals surface area contributed by atoms with Gasteiger partial charge < -0.3 is 4.57 Å². The predicted molar refractivity (Wildman–Crippen MR) is 89.8 cm³/mol. The van der Waals surface area contributed by atoms with E-state index < -0.39 is 0 Å². The van der Waals surface area contributed by atoms with Gasteiger partial charge in [-0.05, 0) is 42.6 Å². The van der Waals surface area contributed by atoms with Gasteiger partial charge in [0.05, 0.1) is 5.69 Å². The van der Waals surface area contributed by atoms with Crippen molar-refractivity contribution in [3.05, 3.63) is 76.2 Å². The SMILES string of the molecule is Cc1ccc(C(=O)NNC(=O)c2sccc2-n2cccc2)cc1. The summed E-state index contributed by atoms with van der Waals surface area (Å²) in [4.78, 5) is 24.8. The van der Waals surface area contributed by atoms with Crippen LogP contribution in [0.15, 0.2) is 60.2 Å². The van der Waals surface area contributed by atoms with Crippen LogP contribution in [-0.2, 0) is 0 Å². The van der Waals surface area contributed by atoms with E-state index in [1.165, 1.54) is 11.3 Å². The van der Waals surface area contributed by atoms with Crippen molar-refractivity contribution in [1.29, 1.82) is 0 Å². The lowest BCUT2D eigenvalue weighted by Gasteiger charge is -2.08. The van der Waals surface area contributed by atoms with E-state index in [0.29, 0.717) is 10.4 Å². The zero-order valence-electron chi connectivity index (χ0n) is 12.4. The van der Waals surface area contributed by atoms with Crippen molar-refractivity contribution in [3.8, 4) is 5.69 Å². The number of aromatic nitrogens is 1. The van der Waals surface area contributed by atoms with Crippen LogP contribution in [0, 0.1) is 6.92 Å². The molecule has 0 atom stereocenters. The highest BCUT2D eigenvalue weighted by atomic mass is 32.1. The van der Waals surface area contributed by atoms with E-state index in [9.17, 15) is 9.59 Å². The lowest BCUT2D eigenvalue weighted by atomic mass is 10.1. The summed E-state index contributed by atoms with van der Waals surface area (Å²) in [5.41, 5.74) is 7.24. The lowest BCUT2D eigenvalue weighted by Crippen LogP contribution is -2.41. The van der Waals surface area contributed by atoms with Gasteiger partial charge in [0.2, 0.25) is 0 Å². The molecule has 2 amide bonds. The molecular formula is C17H15N3O2S. The van der Waals surface area contributed by atoms with Gasteiger partial charge in [-0.15, -0.1) is 11.3 Å². The number of aryl methyl sites for hydroxylation is 1. The Balaban J connectivity index is 1.67. The van der Waals surface area contributed by atoms with E-state index in [1.807, 2.05) is 59.6 Å². The van der Waals surface area contributed by atoms with E-state index >= 15 is 0 Å². The minimum atomic E-state index is -0.350. The second kappa shape index (κ2) is 6.50. The number of carbonyl (C=O) groups excluding carboxylic acids is 2. The molecule has 0 aliphatic carbocycles. The molecule has 23 heavy (non-hydrogen) atoms. The minimum Gasteiger partial charge on any atom is -0.322 e. The van der Waals surface area contributed by atoms with Crippen molar-refractivity contribution in [3.63, 3.8) is 0 Å². The van der Waals surface area contributed by atoms with Crippen molar-refractivity contribution in [1.82, 2.24) is 15.4 Å². The fourth-order valence-electron chi connectivity index (χ4n) is 2.12. The van der Waals surface area contributed by atoms with Crippen LogP contribution in [-0.4, -0.2) is 16.4 Å². The first-order valence-corrected chi connectivity index (χ1v) is 7.91. The molecule has 0 fully saturated rings. The molecule has 0 aliphatic heterocycles. The number of rotatable bonds is 3. The number of amides is 2. The standard InChI is InChI=1S/C17H15N3O2S/c1-12-4-6-13(7-5-12)16(21)18-19-17(22)15-14(8-11-23-15)20-9-2-3-10-20/h2-11H,1H3,(H,18,21)(H,19,22). The van der Waals surface area contributed by atoms with Crippen LogP contribution < -0.4 is 10.9 Å². The zero-order valence-corrected chi connectivity index (χ0v) is 13.3. The summed E-state index contributed by atoms with van der Waals surface area (Å²) < 4.78 is 1.85. The van der Waals surface area contributed by atoms with E-state index in [4.69, 9.17) is 0 Å². The number of nitrogens with one attached hydrogen (secondary N) is 2. The van der Waals surface area contributed by atoms with E-state index in [1.54, 1.807) is 12.1 Å². The molecule has 0 radical (unpaired) electrons. The molecule has 116 valence electrons. The molecule has 5 nitrogen and oxygen atoms in total. The van der Waals surface area contributed by atoms with Crippen LogP contribution in [0.2, 0.25) is 0 Å². The van der Waals surface area contributed by atoms with Gasteiger partial charge in [-0.3, -0.25) is 20.4 Å². The summed E-state index contributed by atoms with van der Waals surface area (Å²) >= 11 is 1.32. The Morgan fingerprint density at radius 3 is 2.30 bits per heavy atom. The molecule has 0 aliphatic rings. The highest BCUT2D eigenvalue weighted by Crippen LogP contribution is 2.20. The van der Waals surface area contributed by atoms with E-state index in [2.05, 4.69) is 10.9 Å². The maximum absolute atomic E-state index is 12.3. The summed E-state index contributed by atoms with van der Waals surface area (Å²) in [6, 6.07) is 12.8. The molecule has 0 saturated carbocycles. The number of hydrogen-bond acceptors (Lipinski definition) is 3. The van der Waals surface area contributed by atoms with Crippen molar-refractivity contribution >= 4 is 23.2 Å². The average molecular weight is 325 g/mol. The number of hydrazine groups is 1. The quantitative estimate of drug-likeness (QED) is 0.727. The van der Waals surface area contributed by atoms with Crippen LogP contribution in [0.4, 0.5) is 0 Å². The largest absolute Gasteiger partial charge is 0.322 e. The Kier molecular flexibility index (Phi) is 4.25. The third-order valence-electron chi connectivity index (χ3n) is 3.34. The van der Waals surface area contributed by atoms with Crippen molar-refractivity contribution < 1.29 is 9.59 Å². The fourth-order valence-corrected chi connectivity index (χ4v) is 2.90. The third-order valence-corrected chi connectivity index (χ3v) is 4.24. The monoisotopic (exact) mass is 325 g/mol. The van der Waals surface area contributed by atoms with Crippen LogP contribution >= 0.6 is 11.3 Å². The van der Waals surface area contributed by atoms with Gasteiger partial charge in [0, 0.05) is 18.0 Å². The van der Waals surface area contributed by atoms with Gasteiger partial charge in [0.25, 0.3) is 11.8 Å². The molecule has 1 aromatic carbocycles. The summed E-state index contributed by atoms with van der Waals surface area (Å²) in [5, 5.41) is 1.84. The first-order valence-electron chi connectivity index (χ1n) is 7.03. The Bertz CT molecular complexity index is 820. The minimum absolute atomic E-state index is 0.343. The summed E-state index contributed by atoms with van der Waals surface area (Å²) in [7, 11) is 0. The van der Waals surface area contributed by atoms with Gasteiger partial charge in [0.15, 0.2) is 0 Å². The Morgan fingerprint density at radius 1 is 0.957 bits per heavy atom. The Labute approximate surface area is 137 Å². The summed E-state index contributed by atoms with van der Waals surface area (Å²) in [6.07, 6.45) is 3.73. The van der Waals surface area contributed by atoms with Gasteiger partial charge in [0.1, 0.15) is 4.88 Å². The van der Waals surface area contributed by atoms with Gasteiger partial charge in [-0.1, -0.05) is 17.7 Å². The van der Waals surface area contributed by atoms with Crippen molar-refractivity contribution in [2.24, 2.45) is 0 Å². The van der Waals surface area contributed by atoms with Crippen LogP contribution in [0.25, 0.3) is 5.69 Å². The second-order valence-corrected chi connectivity index (χ2v) is 5.92. The first kappa shape index (κ1) is 15.1. The molecule has 2 N–H and O–H groups in total. The fraction of sp³-hybridized carbons (Fsp3) is 0.0588. The molecule has 0 bridgehead atoms. The predicted octanol–water partition coefficient (Wildman–Crippen LogP) is 2.92. The maximum atomic E-state index is 12.3. The molecule has 0 unspecified atom stereocenters. The molecule has 0 spiro atoms. The molecule has 0 saturated heterocycles. The van der Waals surface area contributed by atoms with E-state index in [0.717, 1.165) is 11.3 Å². The molecule has 3 rings (SSSR count). The summed E-state index contributed by atoms with van der Waals surface area (Å²) in [5.74, 6) is -0.693. The molecule has 3 aromatic rings. The molecule has 2 aromatic heterocycles. The topological polar surface area (TPSA) is 63.1 Å². The third kappa shape index (κ3) is 3.32. The van der Waals surface area contributed by atoms with Crippen LogP contribution in [0.3, 0.4) is 0 Å². The number of thiophene rings is 1. The second-order valence-electron chi connectivity index (χ2n) is 5.00. The van der Waals surface area contributed by atoms with Gasteiger partial charge >= 0.3 is 0 Å². The Hall–Kier alpha value is -2.86. The highest BCUT2D eigenvalue weighted by molar-refractivity contribution is 7.12. The van der Waals surface area contributed by atoms with E-state index in [-0.39, 0.29) is 11.8 Å². The first-order chi connectivity index (χ1) is 11.1. The molecular weight excluding hydrogens is 310 g/mol. The number of nitrogens with zero attached hydrogens (tertiary/aromatic N) is 1. The van der Waals surface area contributed by atoms with Crippen molar-refractivity contribution in [2.75, 3.05) is 0 Å². The molecule has 2 heterocycles. The highest BCUT2D eigenvalue weighted by Gasteiger charge is 2.15. The maximum Gasteiger partial charge on any atom is 0.281 e. The lowest BCUT2D eigenvalue weighted by molar-refractivity contribution is 0.0849. The van der Waals surface area contributed by atoms with Crippen LogP contribution in [0.1, 0.15) is 25.6 Å². The average Bonchev–Trinajstić information content (AvgIpc) is 3.23. The molecule has 6 heteroatoms. The number of hydrogen-bond donors (Lipinski definition) is 2. The van der Waals surface area contributed by atoms with Crippen LogP contribution in [0.5, 0.6) is 0 Å². The summed E-state index contributed by atoms with van der Waals surface area (Å²) in [6.45, 7) is 1.95. The normalized spacial score (nSPS) is 10.3. The number of benzene rings is 1. The number of carbonyl (C=O) groups is 2. The van der Waals surface area contributed by atoms with Gasteiger partial charge in [-0.25, -0.2) is 0 Å². The Morgan fingerprint density at radius 2 is 1.61 bits per heavy atom. The zero-order chi connectivity index (χ0) is 16.2. The smallest absolute Gasteiger partial charge is 0.281 e. The van der Waals surface area contributed by atoms with Gasteiger partial charge in [-0.2, -0.15) is 0 Å². The van der Waals surface area contributed by atoms with Crippen molar-refractivity contribution in [2.45, 2.75) is 6.92 Å².